The van der Waals surface area contributed by atoms with Gasteiger partial charge in [-0.15, -0.1) is 0 Å². The molecule has 0 amide bonds. The highest BCUT2D eigenvalue weighted by Crippen LogP contribution is 2.67. The molecular formula is C41H26N4. The molecule has 0 saturated heterocycles. The largest absolute Gasteiger partial charge is 0.278 e. The van der Waals surface area contributed by atoms with Gasteiger partial charge in [0.05, 0.1) is 36.0 Å². The van der Waals surface area contributed by atoms with Gasteiger partial charge in [-0.2, -0.15) is 9.97 Å². The summed E-state index contributed by atoms with van der Waals surface area (Å²) >= 11 is 0. The zero-order valence-corrected chi connectivity index (χ0v) is 23.2. The minimum Gasteiger partial charge on any atom is -0.278 e. The van der Waals surface area contributed by atoms with Crippen molar-refractivity contribution in [2.45, 2.75) is 11.3 Å². The molecule has 0 N–H and O–H groups in total. The predicted octanol–water partition coefficient (Wildman–Crippen LogP) is 9.18. The molecule has 0 fully saturated rings. The molecule has 3 aliphatic carbocycles. The molecule has 11 rings (SSSR count). The molecule has 4 aliphatic rings. The van der Waals surface area contributed by atoms with Crippen molar-refractivity contribution in [3.8, 4) is 22.8 Å². The number of hydrogen-bond donors (Lipinski definition) is 0. The molecule has 210 valence electrons. The number of rotatable bonds is 3. The third-order valence-corrected chi connectivity index (χ3v) is 8.89. The molecule has 1 spiro atoms. The number of fused-ring (bicyclic) bond motifs is 1. The molecule has 0 unspecified atom stereocenters. The van der Waals surface area contributed by atoms with E-state index < -0.39 is 107 Å². The number of para-hydroxylation sites is 1. The summed E-state index contributed by atoms with van der Waals surface area (Å²) in [4.78, 5) is 15.3. The van der Waals surface area contributed by atoms with Crippen LogP contribution in [0.5, 0.6) is 0 Å². The van der Waals surface area contributed by atoms with E-state index in [4.69, 9.17) is 26.4 Å². The molecule has 45 heavy (non-hydrogen) atoms. The lowest BCUT2D eigenvalue weighted by molar-refractivity contribution is 0.621. The minimum atomic E-state index is -1.28. The summed E-state index contributed by atoms with van der Waals surface area (Å²) in [5.74, 6) is -1.64. The molecule has 1 aliphatic heterocycles. The molecule has 0 saturated carbocycles. The summed E-state index contributed by atoms with van der Waals surface area (Å²) < 4.78 is 123. The van der Waals surface area contributed by atoms with Crippen LogP contribution < -0.4 is 4.90 Å². The van der Waals surface area contributed by atoms with Gasteiger partial charge in [-0.25, -0.2) is 4.98 Å². The van der Waals surface area contributed by atoms with Crippen molar-refractivity contribution in [1.29, 1.82) is 0 Å². The Morgan fingerprint density at radius 3 is 1.71 bits per heavy atom. The van der Waals surface area contributed by atoms with Crippen molar-refractivity contribution >= 4 is 17.3 Å². The van der Waals surface area contributed by atoms with Gasteiger partial charge in [0.15, 0.2) is 11.6 Å². The van der Waals surface area contributed by atoms with Crippen LogP contribution in [0.1, 0.15) is 64.1 Å². The number of benzene rings is 6. The van der Waals surface area contributed by atoms with E-state index in [0.29, 0.717) is 11.3 Å². The zero-order valence-electron chi connectivity index (χ0n) is 37.2. The Morgan fingerprint density at radius 2 is 1.07 bits per heavy atom. The lowest BCUT2D eigenvalue weighted by Gasteiger charge is -2.55. The summed E-state index contributed by atoms with van der Waals surface area (Å²) in [5.41, 5.74) is 3.46. The second-order valence-electron chi connectivity index (χ2n) is 10.9. The van der Waals surface area contributed by atoms with Gasteiger partial charge in [0.2, 0.25) is 5.95 Å². The van der Waals surface area contributed by atoms with Gasteiger partial charge in [0, 0.05) is 17.0 Å². The molecule has 6 aromatic carbocycles. The number of nitrogens with zero attached hydrogens (tertiary/aromatic N) is 4. The van der Waals surface area contributed by atoms with Crippen molar-refractivity contribution in [1.82, 2.24) is 15.0 Å². The van der Waals surface area contributed by atoms with E-state index in [1.165, 1.54) is 4.90 Å². The molecule has 1 aromatic heterocycles. The molecular weight excluding hydrogens is 548 g/mol. The van der Waals surface area contributed by atoms with Crippen LogP contribution in [0.4, 0.5) is 17.3 Å². The van der Waals surface area contributed by atoms with Crippen LogP contribution in [0.25, 0.3) is 22.8 Å². The van der Waals surface area contributed by atoms with Crippen molar-refractivity contribution in [2.24, 2.45) is 0 Å². The van der Waals surface area contributed by atoms with Gasteiger partial charge in [-0.1, -0.05) is 139 Å². The van der Waals surface area contributed by atoms with Gasteiger partial charge < -0.3 is 0 Å². The predicted molar refractivity (Wildman–Crippen MR) is 178 cm³/mol. The topological polar surface area (TPSA) is 41.9 Å². The molecule has 2 heterocycles. The molecule has 0 atom stereocenters. The highest BCUT2D eigenvalue weighted by Gasteiger charge is 2.57. The van der Waals surface area contributed by atoms with Gasteiger partial charge in [-0.05, 0) is 51.1 Å². The second kappa shape index (κ2) is 9.07. The summed E-state index contributed by atoms with van der Waals surface area (Å²) in [6.07, 6.45) is 0. The average molecular weight is 589 g/mol. The lowest BCUT2D eigenvalue weighted by atomic mass is 9.49. The van der Waals surface area contributed by atoms with Gasteiger partial charge in [-0.3, -0.25) is 4.90 Å². The van der Waals surface area contributed by atoms with E-state index in [2.05, 4.69) is 4.98 Å². The normalized spacial score (nSPS) is 22.4. The van der Waals surface area contributed by atoms with E-state index in [0.717, 1.165) is 27.8 Å². The standard InChI is InChI=1S/C41H26N4/c1-3-14-26(15-4-1)38-42-39(27-16-5-2-6-17-27)44-40(43-38)45-34-24-12-11-23-33(34)41-31-21-9-7-18-28(31)36(29-19-8-10-22-32(29)41)30-20-13-25-35(45)37(30)41/h1-25,36H/i1D,2D,3D,4D,5D,6D,11D,12D,14D,15D,16D,17D,23D,24D. The van der Waals surface area contributed by atoms with Crippen LogP contribution in [-0.4, -0.2) is 15.0 Å². The van der Waals surface area contributed by atoms with E-state index in [9.17, 15) is 2.74 Å². The first-order valence-electron chi connectivity index (χ1n) is 21.3. The Hall–Kier alpha value is -5.87. The minimum absolute atomic E-state index is 0.0455. The summed E-state index contributed by atoms with van der Waals surface area (Å²) in [6, 6.07) is 12.5. The van der Waals surface area contributed by atoms with E-state index in [1.807, 2.05) is 60.7 Å². The number of anilines is 3. The maximum absolute atomic E-state index is 9.67. The van der Waals surface area contributed by atoms with Gasteiger partial charge in [0.1, 0.15) is 0 Å². The van der Waals surface area contributed by atoms with Gasteiger partial charge >= 0.3 is 0 Å². The molecule has 2 bridgehead atoms. The molecule has 4 heteroatoms. The van der Waals surface area contributed by atoms with Crippen molar-refractivity contribution < 1.29 is 19.2 Å². The molecule has 0 radical (unpaired) electrons. The monoisotopic (exact) mass is 588 g/mol. The van der Waals surface area contributed by atoms with Gasteiger partial charge in [0.25, 0.3) is 0 Å². The average Bonchev–Trinajstić information content (AvgIpc) is 3.24. The van der Waals surface area contributed by atoms with E-state index in [-0.39, 0.29) is 29.2 Å². The van der Waals surface area contributed by atoms with Crippen LogP contribution in [0.3, 0.4) is 0 Å². The third kappa shape index (κ3) is 3.18. The maximum atomic E-state index is 9.67. The van der Waals surface area contributed by atoms with Crippen LogP contribution >= 0.6 is 0 Å². The fourth-order valence-corrected chi connectivity index (χ4v) is 7.37. The summed E-state index contributed by atoms with van der Waals surface area (Å²) in [6.45, 7) is 0. The number of aromatic nitrogens is 3. The summed E-state index contributed by atoms with van der Waals surface area (Å²) in [7, 11) is 0. The van der Waals surface area contributed by atoms with Crippen LogP contribution in [0.2, 0.25) is 0 Å². The smallest absolute Gasteiger partial charge is 0.238 e. The Kier molecular flexibility index (Phi) is 2.97. The first-order valence-corrected chi connectivity index (χ1v) is 14.3. The highest BCUT2D eigenvalue weighted by molar-refractivity contribution is 5.93. The molecule has 4 nitrogen and oxygen atoms in total. The first-order chi connectivity index (χ1) is 28.1. The van der Waals surface area contributed by atoms with Crippen molar-refractivity contribution in [3.63, 3.8) is 0 Å². The fourth-order valence-electron chi connectivity index (χ4n) is 7.37. The van der Waals surface area contributed by atoms with E-state index in [1.54, 1.807) is 6.07 Å². The third-order valence-electron chi connectivity index (χ3n) is 8.89. The Morgan fingerprint density at radius 1 is 0.511 bits per heavy atom. The lowest BCUT2D eigenvalue weighted by Crippen LogP contribution is -2.46. The Balaban J connectivity index is 1.39. The van der Waals surface area contributed by atoms with Crippen molar-refractivity contribution in [2.75, 3.05) is 4.90 Å². The van der Waals surface area contributed by atoms with Crippen LogP contribution in [-0.2, 0) is 5.41 Å². The quantitative estimate of drug-likeness (QED) is 0.206. The van der Waals surface area contributed by atoms with E-state index >= 15 is 0 Å². The van der Waals surface area contributed by atoms with Crippen LogP contribution in [0, 0.1) is 0 Å². The highest BCUT2D eigenvalue weighted by atomic mass is 15.3. The number of hydrogen-bond acceptors (Lipinski definition) is 4. The van der Waals surface area contributed by atoms with Crippen LogP contribution in [0.15, 0.2) is 151 Å². The second-order valence-corrected chi connectivity index (χ2v) is 10.9. The first kappa shape index (κ1) is 14.7. The maximum Gasteiger partial charge on any atom is 0.238 e. The Bertz CT molecular complexity index is 2900. The summed E-state index contributed by atoms with van der Waals surface area (Å²) in [5, 5.41) is 0. The SMILES string of the molecule is [2H]c1c([2H])c([2H])c(-c2nc(-c3c([2H])c([2H])c([2H])c([2H])c3[2H])nc(N3c4cccc5c4C4(c6ccccc6C5c5ccccc54)c4c([2H])c([2H])c([2H])c([2H])c43)n2)c([2H])c1[2H]. The zero-order chi connectivity index (χ0) is 41.7. The molecule has 7 aromatic rings. The Labute approximate surface area is 281 Å². The fraction of sp³-hybridized carbons (Fsp3) is 0.0488. The van der Waals surface area contributed by atoms with Crippen molar-refractivity contribution in [3.05, 3.63) is 190 Å².